The lowest BCUT2D eigenvalue weighted by atomic mass is 10.1. The first-order chi connectivity index (χ1) is 9.63. The number of rotatable bonds is 3. The van der Waals surface area contributed by atoms with E-state index in [-0.39, 0.29) is 6.04 Å². The van der Waals surface area contributed by atoms with Gasteiger partial charge in [0.25, 0.3) is 0 Å². The maximum atomic E-state index is 11.2. The summed E-state index contributed by atoms with van der Waals surface area (Å²) >= 11 is 3.45. The van der Waals surface area contributed by atoms with Gasteiger partial charge >= 0.3 is 5.97 Å². The predicted octanol–water partition coefficient (Wildman–Crippen LogP) is 2.77. The zero-order chi connectivity index (χ0) is 14.1. The summed E-state index contributed by atoms with van der Waals surface area (Å²) in [5.74, 6) is 0.163. The molecule has 5 heteroatoms. The fourth-order valence-corrected chi connectivity index (χ4v) is 3.22. The molecular weight excluding hydrogens is 322 g/mol. The van der Waals surface area contributed by atoms with Crippen molar-refractivity contribution < 1.29 is 14.6 Å². The molecule has 3 rings (SSSR count). The van der Waals surface area contributed by atoms with E-state index in [9.17, 15) is 9.90 Å². The smallest absolute Gasteiger partial charge is 0.320 e. The molecule has 0 radical (unpaired) electrons. The summed E-state index contributed by atoms with van der Waals surface area (Å²) in [6.45, 7) is 2.06. The summed E-state index contributed by atoms with van der Waals surface area (Å²) in [5.41, 5.74) is 2.18. The van der Waals surface area contributed by atoms with Gasteiger partial charge in [0.05, 0.1) is 0 Å². The Hall–Kier alpha value is -1.33. The van der Waals surface area contributed by atoms with Gasteiger partial charge in [-0.15, -0.1) is 0 Å². The summed E-state index contributed by atoms with van der Waals surface area (Å²) in [5, 5.41) is 9.21. The van der Waals surface area contributed by atoms with Crippen LogP contribution in [-0.2, 0) is 4.79 Å². The maximum Gasteiger partial charge on any atom is 0.320 e. The number of carboxylic acid groups (broad SMARTS) is 1. The Balaban J connectivity index is 1.77. The Kier molecular flexibility index (Phi) is 3.81. The van der Waals surface area contributed by atoms with Crippen molar-refractivity contribution in [2.75, 3.05) is 19.7 Å². The lowest BCUT2D eigenvalue weighted by Gasteiger charge is -2.25. The van der Waals surface area contributed by atoms with E-state index in [1.165, 1.54) is 0 Å². The number of fused-ring (bicyclic) bond motifs is 1. The second-order valence-electron chi connectivity index (χ2n) is 5.24. The summed E-state index contributed by atoms with van der Waals surface area (Å²) in [6, 6.07) is 5.58. The highest BCUT2D eigenvalue weighted by molar-refractivity contribution is 9.10. The third kappa shape index (κ3) is 2.74. The molecule has 0 aromatic heterocycles. The van der Waals surface area contributed by atoms with Gasteiger partial charge in [0.15, 0.2) is 0 Å². The van der Waals surface area contributed by atoms with Crippen LogP contribution in [0.4, 0.5) is 0 Å². The average Bonchev–Trinajstić information content (AvgIpc) is 2.86. The molecule has 2 heterocycles. The fraction of sp³-hybridized carbons (Fsp3) is 0.400. The van der Waals surface area contributed by atoms with Gasteiger partial charge in [-0.2, -0.15) is 0 Å². The maximum absolute atomic E-state index is 11.2. The van der Waals surface area contributed by atoms with Crippen LogP contribution in [0.5, 0.6) is 5.75 Å². The van der Waals surface area contributed by atoms with Crippen molar-refractivity contribution >= 4 is 28.0 Å². The first-order valence-corrected chi connectivity index (χ1v) is 7.51. The van der Waals surface area contributed by atoms with Crippen LogP contribution in [0.15, 0.2) is 28.2 Å². The lowest BCUT2D eigenvalue weighted by Crippen LogP contribution is -2.38. The number of hydrogen-bond acceptors (Lipinski definition) is 3. The number of benzene rings is 1. The molecule has 1 atom stereocenters. The van der Waals surface area contributed by atoms with E-state index in [1.807, 2.05) is 23.1 Å². The third-order valence-corrected chi connectivity index (χ3v) is 4.29. The number of carbonyl (C=O) groups is 1. The number of aliphatic carboxylic acids is 1. The van der Waals surface area contributed by atoms with Crippen molar-refractivity contribution in [3.05, 3.63) is 33.8 Å². The predicted molar refractivity (Wildman–Crippen MR) is 79.8 cm³/mol. The van der Waals surface area contributed by atoms with Gasteiger partial charge in [0.2, 0.25) is 0 Å². The topological polar surface area (TPSA) is 49.8 Å². The standard InChI is InChI=1S/C15H16BrNO3/c16-12-3-4-14-11(7-12)6-10(9-20-14)8-17-5-1-2-13(17)15(18)19/h3-4,6-7,13H,1-2,5,8-9H2,(H,18,19). The summed E-state index contributed by atoms with van der Waals surface area (Å²) < 4.78 is 6.75. The highest BCUT2D eigenvalue weighted by Crippen LogP contribution is 2.30. The van der Waals surface area contributed by atoms with Crippen LogP contribution in [0.2, 0.25) is 0 Å². The summed E-state index contributed by atoms with van der Waals surface area (Å²) in [4.78, 5) is 13.2. The molecule has 1 saturated heterocycles. The van der Waals surface area contributed by atoms with Gasteiger partial charge in [-0.25, -0.2) is 0 Å². The Labute approximate surface area is 126 Å². The van der Waals surface area contributed by atoms with Gasteiger partial charge < -0.3 is 9.84 Å². The molecule has 1 aromatic rings. The molecule has 0 amide bonds. The second kappa shape index (κ2) is 5.58. The molecule has 2 aliphatic heterocycles. The Morgan fingerprint density at radius 1 is 1.50 bits per heavy atom. The molecule has 0 bridgehead atoms. The van der Waals surface area contributed by atoms with E-state index in [1.54, 1.807) is 0 Å². The molecule has 0 spiro atoms. The number of nitrogens with zero attached hydrogens (tertiary/aromatic N) is 1. The van der Waals surface area contributed by atoms with Crippen molar-refractivity contribution in [1.82, 2.24) is 4.90 Å². The van der Waals surface area contributed by atoms with Crippen LogP contribution in [0, 0.1) is 0 Å². The summed E-state index contributed by atoms with van der Waals surface area (Å²) in [7, 11) is 0. The fourth-order valence-electron chi connectivity index (χ4n) is 2.84. The SMILES string of the molecule is O=C(O)C1CCCN1CC1=Cc2cc(Br)ccc2OC1. The molecule has 20 heavy (non-hydrogen) atoms. The van der Waals surface area contributed by atoms with Gasteiger partial charge in [0.1, 0.15) is 18.4 Å². The monoisotopic (exact) mass is 337 g/mol. The van der Waals surface area contributed by atoms with Crippen LogP contribution in [0.25, 0.3) is 6.08 Å². The highest BCUT2D eigenvalue weighted by atomic mass is 79.9. The van der Waals surface area contributed by atoms with E-state index in [2.05, 4.69) is 22.0 Å². The molecule has 106 valence electrons. The molecule has 0 aliphatic carbocycles. The molecule has 1 fully saturated rings. The molecule has 1 aromatic carbocycles. The van der Waals surface area contributed by atoms with E-state index >= 15 is 0 Å². The zero-order valence-electron chi connectivity index (χ0n) is 11.0. The quantitative estimate of drug-likeness (QED) is 0.921. The van der Waals surface area contributed by atoms with Crippen molar-refractivity contribution in [2.45, 2.75) is 18.9 Å². The molecular formula is C15H16BrNO3. The average molecular weight is 338 g/mol. The molecule has 4 nitrogen and oxygen atoms in total. The minimum absolute atomic E-state index is 0.347. The lowest BCUT2D eigenvalue weighted by molar-refractivity contribution is -0.142. The molecule has 0 saturated carbocycles. The van der Waals surface area contributed by atoms with Crippen LogP contribution >= 0.6 is 15.9 Å². The number of hydrogen-bond donors (Lipinski definition) is 1. The normalized spacial score (nSPS) is 22.1. The Morgan fingerprint density at radius 2 is 2.35 bits per heavy atom. The number of ether oxygens (including phenoxy) is 1. The van der Waals surface area contributed by atoms with Crippen LogP contribution < -0.4 is 4.74 Å². The van der Waals surface area contributed by atoms with Gasteiger partial charge in [0, 0.05) is 16.6 Å². The second-order valence-corrected chi connectivity index (χ2v) is 6.16. The number of likely N-dealkylation sites (tertiary alicyclic amines) is 1. The molecule has 2 aliphatic rings. The minimum Gasteiger partial charge on any atom is -0.489 e. The van der Waals surface area contributed by atoms with Crippen molar-refractivity contribution in [1.29, 1.82) is 0 Å². The first-order valence-electron chi connectivity index (χ1n) is 6.72. The number of halogens is 1. The largest absolute Gasteiger partial charge is 0.489 e. The van der Waals surface area contributed by atoms with Crippen molar-refractivity contribution in [2.24, 2.45) is 0 Å². The Morgan fingerprint density at radius 3 is 3.15 bits per heavy atom. The van der Waals surface area contributed by atoms with Crippen LogP contribution in [0.1, 0.15) is 18.4 Å². The van der Waals surface area contributed by atoms with E-state index in [4.69, 9.17) is 4.74 Å². The van der Waals surface area contributed by atoms with E-state index in [0.717, 1.165) is 40.7 Å². The van der Waals surface area contributed by atoms with Gasteiger partial charge in [-0.1, -0.05) is 15.9 Å². The van der Waals surface area contributed by atoms with Gasteiger partial charge in [-0.05, 0) is 49.2 Å². The van der Waals surface area contributed by atoms with Crippen LogP contribution in [-0.4, -0.2) is 41.7 Å². The molecule has 1 unspecified atom stereocenters. The Bertz CT molecular complexity index is 570. The van der Waals surface area contributed by atoms with Gasteiger partial charge in [-0.3, -0.25) is 9.69 Å². The van der Waals surface area contributed by atoms with E-state index < -0.39 is 5.97 Å². The third-order valence-electron chi connectivity index (χ3n) is 3.80. The molecule has 1 N–H and O–H groups in total. The van der Waals surface area contributed by atoms with E-state index in [0.29, 0.717) is 13.2 Å². The van der Waals surface area contributed by atoms with Crippen molar-refractivity contribution in [3.8, 4) is 5.75 Å². The number of carboxylic acids is 1. The van der Waals surface area contributed by atoms with Crippen molar-refractivity contribution in [3.63, 3.8) is 0 Å². The first kappa shape index (κ1) is 13.6. The van der Waals surface area contributed by atoms with Crippen LogP contribution in [0.3, 0.4) is 0 Å². The summed E-state index contributed by atoms with van der Waals surface area (Å²) in [6.07, 6.45) is 3.81. The minimum atomic E-state index is -0.719. The zero-order valence-corrected chi connectivity index (χ0v) is 12.6. The highest BCUT2D eigenvalue weighted by Gasteiger charge is 2.31.